The molecule has 2 rings (SSSR count). The Hall–Kier alpha value is -2.18. The number of nitrogens with one attached hydrogen (secondary N) is 1. The van der Waals surface area contributed by atoms with E-state index in [0.717, 1.165) is 5.56 Å². The summed E-state index contributed by atoms with van der Waals surface area (Å²) in [5, 5.41) is 3.02. The van der Waals surface area contributed by atoms with Gasteiger partial charge in [0, 0.05) is 0 Å². The van der Waals surface area contributed by atoms with Crippen molar-refractivity contribution in [2.75, 3.05) is 12.3 Å². The Kier molecular flexibility index (Phi) is 5.90. The second-order valence-electron chi connectivity index (χ2n) is 5.19. The van der Waals surface area contributed by atoms with Gasteiger partial charge in [0.1, 0.15) is 6.04 Å². The molecule has 0 spiro atoms. The van der Waals surface area contributed by atoms with Crippen LogP contribution in [0, 0.1) is 0 Å². The highest BCUT2D eigenvalue weighted by molar-refractivity contribution is 7.91. The van der Waals surface area contributed by atoms with E-state index in [-0.39, 0.29) is 5.75 Å². The monoisotopic (exact) mass is 332 g/mol. The van der Waals surface area contributed by atoms with E-state index in [2.05, 4.69) is 5.32 Å². The molecular weight excluding hydrogens is 312 g/mol. The average molecular weight is 332 g/mol. The summed E-state index contributed by atoms with van der Waals surface area (Å²) in [4.78, 5) is 11.9. The Bertz CT molecular complexity index is 731. The molecule has 0 aromatic heterocycles. The number of primary amides is 1. The number of nitrogens with two attached hydrogens (primary N) is 1. The second kappa shape index (κ2) is 7.89. The maximum atomic E-state index is 12.2. The van der Waals surface area contributed by atoms with Crippen molar-refractivity contribution in [3.05, 3.63) is 66.2 Å². The molecule has 122 valence electrons. The van der Waals surface area contributed by atoms with Crippen molar-refractivity contribution in [2.24, 2.45) is 5.73 Å². The van der Waals surface area contributed by atoms with Gasteiger partial charge in [-0.25, -0.2) is 8.42 Å². The number of benzene rings is 2. The summed E-state index contributed by atoms with van der Waals surface area (Å²) in [5.74, 6) is -0.466. The molecule has 0 unspecified atom stereocenters. The lowest BCUT2D eigenvalue weighted by Crippen LogP contribution is -2.34. The zero-order chi connectivity index (χ0) is 16.7. The quantitative estimate of drug-likeness (QED) is 0.720. The van der Waals surface area contributed by atoms with Gasteiger partial charge in [-0.1, -0.05) is 48.5 Å². The highest BCUT2D eigenvalue weighted by atomic mass is 32.2. The Morgan fingerprint density at radius 1 is 1.00 bits per heavy atom. The van der Waals surface area contributed by atoms with Crippen LogP contribution in [0.2, 0.25) is 0 Å². The summed E-state index contributed by atoms with van der Waals surface area (Å²) < 4.78 is 24.3. The standard InChI is InChI=1S/C17H20N2O3S/c18-17(20)16(14-8-3-1-4-9-14)19-12-7-13-23(21,22)15-10-5-2-6-11-15/h1-6,8-11,16,19H,7,12-13H2,(H2,18,20)/t16-/m1/s1. The molecule has 2 aromatic rings. The predicted molar refractivity (Wildman–Crippen MR) is 89.5 cm³/mol. The topological polar surface area (TPSA) is 89.3 Å². The van der Waals surface area contributed by atoms with Gasteiger partial charge in [-0.3, -0.25) is 4.79 Å². The predicted octanol–water partition coefficient (Wildman–Crippen LogP) is 1.67. The van der Waals surface area contributed by atoms with Crippen LogP contribution in [0.25, 0.3) is 0 Å². The average Bonchev–Trinajstić information content (AvgIpc) is 2.56. The number of sulfone groups is 1. The maximum absolute atomic E-state index is 12.2. The highest BCUT2D eigenvalue weighted by Gasteiger charge is 2.18. The van der Waals surface area contributed by atoms with E-state index in [9.17, 15) is 13.2 Å². The molecule has 0 saturated carbocycles. The van der Waals surface area contributed by atoms with Crippen LogP contribution >= 0.6 is 0 Å². The molecule has 0 aliphatic rings. The van der Waals surface area contributed by atoms with Gasteiger partial charge in [0.25, 0.3) is 0 Å². The normalized spacial score (nSPS) is 12.7. The number of hydrogen-bond donors (Lipinski definition) is 2. The van der Waals surface area contributed by atoms with E-state index in [1.807, 2.05) is 30.3 Å². The summed E-state index contributed by atoms with van der Waals surface area (Å²) in [6.45, 7) is 0.383. The number of carbonyl (C=O) groups is 1. The minimum Gasteiger partial charge on any atom is -0.368 e. The second-order valence-corrected chi connectivity index (χ2v) is 7.29. The molecule has 0 heterocycles. The van der Waals surface area contributed by atoms with Crippen molar-refractivity contribution in [3.63, 3.8) is 0 Å². The van der Waals surface area contributed by atoms with Crippen molar-refractivity contribution in [1.29, 1.82) is 0 Å². The summed E-state index contributed by atoms with van der Waals surface area (Å²) in [5.41, 5.74) is 6.18. The Morgan fingerprint density at radius 2 is 1.57 bits per heavy atom. The minimum atomic E-state index is -3.30. The number of amides is 1. The molecular formula is C17H20N2O3S. The van der Waals surface area contributed by atoms with Gasteiger partial charge in [0.2, 0.25) is 5.91 Å². The molecule has 0 aliphatic carbocycles. The lowest BCUT2D eigenvalue weighted by atomic mass is 10.1. The van der Waals surface area contributed by atoms with Crippen molar-refractivity contribution in [3.8, 4) is 0 Å². The number of carbonyl (C=O) groups excluding carboxylic acids is 1. The van der Waals surface area contributed by atoms with Crippen LogP contribution in [0.15, 0.2) is 65.6 Å². The van der Waals surface area contributed by atoms with Crippen LogP contribution in [0.5, 0.6) is 0 Å². The van der Waals surface area contributed by atoms with Gasteiger partial charge in [-0.2, -0.15) is 0 Å². The highest BCUT2D eigenvalue weighted by Crippen LogP contribution is 2.13. The van der Waals surface area contributed by atoms with Gasteiger partial charge in [0.15, 0.2) is 9.84 Å². The van der Waals surface area contributed by atoms with Crippen LogP contribution in [0.1, 0.15) is 18.0 Å². The molecule has 5 nitrogen and oxygen atoms in total. The van der Waals surface area contributed by atoms with E-state index in [0.29, 0.717) is 17.9 Å². The Labute approximate surface area is 136 Å². The molecule has 1 atom stereocenters. The summed E-state index contributed by atoms with van der Waals surface area (Å²) in [7, 11) is -3.30. The van der Waals surface area contributed by atoms with Crippen LogP contribution < -0.4 is 11.1 Å². The Morgan fingerprint density at radius 3 is 2.13 bits per heavy atom. The van der Waals surface area contributed by atoms with Gasteiger partial charge in [-0.05, 0) is 30.7 Å². The molecule has 0 radical (unpaired) electrons. The molecule has 1 amide bonds. The molecule has 2 aromatic carbocycles. The molecule has 0 bridgehead atoms. The third-order valence-corrected chi connectivity index (χ3v) is 5.27. The first-order chi connectivity index (χ1) is 11.0. The lowest BCUT2D eigenvalue weighted by molar-refractivity contribution is -0.120. The summed E-state index contributed by atoms with van der Waals surface area (Å²) >= 11 is 0. The van der Waals surface area contributed by atoms with Gasteiger partial charge >= 0.3 is 0 Å². The van der Waals surface area contributed by atoms with E-state index in [1.165, 1.54) is 0 Å². The van der Waals surface area contributed by atoms with Crippen LogP contribution in [0.4, 0.5) is 0 Å². The summed E-state index contributed by atoms with van der Waals surface area (Å²) in [6, 6.07) is 16.8. The fourth-order valence-corrected chi connectivity index (χ4v) is 3.61. The third kappa shape index (κ3) is 4.91. The van der Waals surface area contributed by atoms with Crippen LogP contribution in [-0.2, 0) is 14.6 Å². The first-order valence-electron chi connectivity index (χ1n) is 7.36. The van der Waals surface area contributed by atoms with E-state index in [4.69, 9.17) is 5.73 Å². The first kappa shape index (κ1) is 17.2. The third-order valence-electron chi connectivity index (χ3n) is 3.46. The van der Waals surface area contributed by atoms with E-state index in [1.54, 1.807) is 30.3 Å². The summed E-state index contributed by atoms with van der Waals surface area (Å²) in [6.07, 6.45) is 0.397. The lowest BCUT2D eigenvalue weighted by Gasteiger charge is -2.15. The van der Waals surface area contributed by atoms with Crippen LogP contribution in [0.3, 0.4) is 0 Å². The molecule has 0 aliphatic heterocycles. The molecule has 0 saturated heterocycles. The maximum Gasteiger partial charge on any atom is 0.239 e. The number of rotatable bonds is 8. The fourth-order valence-electron chi connectivity index (χ4n) is 2.28. The zero-order valence-corrected chi connectivity index (χ0v) is 13.5. The van der Waals surface area contributed by atoms with Crippen molar-refractivity contribution in [1.82, 2.24) is 5.32 Å². The van der Waals surface area contributed by atoms with Gasteiger partial charge < -0.3 is 11.1 Å². The van der Waals surface area contributed by atoms with Gasteiger partial charge in [0.05, 0.1) is 10.6 Å². The van der Waals surface area contributed by atoms with E-state index >= 15 is 0 Å². The first-order valence-corrected chi connectivity index (χ1v) is 9.01. The van der Waals surface area contributed by atoms with Crippen molar-refractivity contribution in [2.45, 2.75) is 17.4 Å². The Balaban J connectivity index is 1.90. The molecule has 6 heteroatoms. The largest absolute Gasteiger partial charge is 0.368 e. The molecule has 0 fully saturated rings. The van der Waals surface area contributed by atoms with Gasteiger partial charge in [-0.15, -0.1) is 0 Å². The zero-order valence-electron chi connectivity index (χ0n) is 12.7. The van der Waals surface area contributed by atoms with Crippen molar-refractivity contribution >= 4 is 15.7 Å². The smallest absolute Gasteiger partial charge is 0.239 e. The molecule has 23 heavy (non-hydrogen) atoms. The molecule has 3 N–H and O–H groups in total. The van der Waals surface area contributed by atoms with Crippen LogP contribution in [-0.4, -0.2) is 26.6 Å². The minimum absolute atomic E-state index is 0.0181. The number of hydrogen-bond acceptors (Lipinski definition) is 4. The SMILES string of the molecule is NC(=O)[C@H](NCCCS(=O)(=O)c1ccccc1)c1ccccc1. The fraction of sp³-hybridized carbons (Fsp3) is 0.235. The van der Waals surface area contributed by atoms with Crippen molar-refractivity contribution < 1.29 is 13.2 Å². The van der Waals surface area contributed by atoms with E-state index < -0.39 is 21.8 Å².